The molecular formula is C26H33N7O4. The van der Waals surface area contributed by atoms with Crippen LogP contribution in [0.5, 0.6) is 11.5 Å². The Bertz CT molecular complexity index is 1270. The van der Waals surface area contributed by atoms with E-state index in [2.05, 4.69) is 30.5 Å². The highest BCUT2D eigenvalue weighted by Gasteiger charge is 2.31. The number of benzene rings is 1. The fraction of sp³-hybridized carbons (Fsp3) is 0.500. The number of morpholine rings is 1. The molecule has 1 aromatic carbocycles. The molecule has 0 unspecified atom stereocenters. The second kappa shape index (κ2) is 10.4. The highest BCUT2D eigenvalue weighted by molar-refractivity contribution is 5.99. The molecule has 2 fully saturated rings. The molecule has 37 heavy (non-hydrogen) atoms. The predicted molar refractivity (Wildman–Crippen MR) is 140 cm³/mol. The first-order chi connectivity index (χ1) is 18.2. The molecule has 0 spiro atoms. The first-order valence-corrected chi connectivity index (χ1v) is 13.1. The third-order valence-corrected chi connectivity index (χ3v) is 7.24. The van der Waals surface area contributed by atoms with Gasteiger partial charge < -0.3 is 34.7 Å². The summed E-state index contributed by atoms with van der Waals surface area (Å²) in [6.45, 7) is 8.56. The smallest absolute Gasteiger partial charge is 0.257 e. The maximum Gasteiger partial charge on any atom is 0.257 e. The minimum absolute atomic E-state index is 0.0211. The molecule has 0 atom stereocenters. The van der Waals surface area contributed by atoms with Gasteiger partial charge in [0, 0.05) is 45.0 Å². The van der Waals surface area contributed by atoms with Crippen LogP contribution in [-0.4, -0.2) is 95.9 Å². The van der Waals surface area contributed by atoms with E-state index in [1.54, 1.807) is 0 Å². The molecule has 3 N–H and O–H groups in total. The molecular weight excluding hydrogens is 474 g/mol. The number of nitrogens with zero attached hydrogens (tertiary/aromatic N) is 4. The lowest BCUT2D eigenvalue weighted by Gasteiger charge is -2.40. The van der Waals surface area contributed by atoms with E-state index in [0.29, 0.717) is 48.0 Å². The highest BCUT2D eigenvalue weighted by Crippen LogP contribution is 2.42. The number of carbonyl (C=O) groups is 1. The summed E-state index contributed by atoms with van der Waals surface area (Å²) in [4.78, 5) is 30.4. The van der Waals surface area contributed by atoms with Crippen LogP contribution in [0.2, 0.25) is 0 Å². The number of rotatable bonds is 6. The van der Waals surface area contributed by atoms with Crippen LogP contribution in [0.4, 0.5) is 17.5 Å². The van der Waals surface area contributed by atoms with Gasteiger partial charge in [-0.2, -0.15) is 9.97 Å². The topological polar surface area (TPSA) is 117 Å². The lowest BCUT2D eigenvalue weighted by atomic mass is 10.0. The van der Waals surface area contributed by atoms with E-state index in [9.17, 15) is 4.79 Å². The first kappa shape index (κ1) is 23.8. The molecule has 1 amide bonds. The Morgan fingerprint density at radius 3 is 2.59 bits per heavy atom. The number of hydrogen-bond acceptors (Lipinski definition) is 9. The van der Waals surface area contributed by atoms with Gasteiger partial charge in [-0.15, -0.1) is 0 Å². The highest BCUT2D eigenvalue weighted by atomic mass is 16.6. The maximum absolute atomic E-state index is 13.6. The zero-order valence-corrected chi connectivity index (χ0v) is 21.1. The Morgan fingerprint density at radius 1 is 1.03 bits per heavy atom. The Morgan fingerprint density at radius 2 is 1.81 bits per heavy atom. The van der Waals surface area contributed by atoms with Crippen molar-refractivity contribution in [3.05, 3.63) is 30.0 Å². The van der Waals surface area contributed by atoms with E-state index >= 15 is 0 Å². The number of anilines is 3. The van der Waals surface area contributed by atoms with Crippen LogP contribution in [-0.2, 0) is 4.74 Å². The minimum Gasteiger partial charge on any atom is -0.485 e. The summed E-state index contributed by atoms with van der Waals surface area (Å²) in [5.41, 5.74) is 1.91. The number of aromatic nitrogens is 3. The summed E-state index contributed by atoms with van der Waals surface area (Å²) in [5.74, 6) is 2.14. The van der Waals surface area contributed by atoms with E-state index in [4.69, 9.17) is 14.2 Å². The van der Waals surface area contributed by atoms with E-state index < -0.39 is 0 Å². The van der Waals surface area contributed by atoms with Crippen molar-refractivity contribution in [1.82, 2.24) is 24.8 Å². The third-order valence-electron chi connectivity index (χ3n) is 7.24. The van der Waals surface area contributed by atoms with Crippen LogP contribution in [0.15, 0.2) is 24.4 Å². The molecule has 3 aliphatic rings. The van der Waals surface area contributed by atoms with E-state index in [1.807, 2.05) is 36.2 Å². The summed E-state index contributed by atoms with van der Waals surface area (Å²) in [6.07, 6.45) is 3.78. The molecule has 11 heteroatoms. The molecule has 2 aromatic heterocycles. The van der Waals surface area contributed by atoms with Gasteiger partial charge in [0.2, 0.25) is 5.95 Å². The average Bonchev–Trinajstić information content (AvgIpc) is 3.43. The fourth-order valence-electron chi connectivity index (χ4n) is 5.37. The molecule has 5 heterocycles. The van der Waals surface area contributed by atoms with E-state index in [1.165, 1.54) is 0 Å². The summed E-state index contributed by atoms with van der Waals surface area (Å²) < 4.78 is 17.5. The van der Waals surface area contributed by atoms with Crippen LogP contribution in [0, 0.1) is 0 Å². The lowest BCUT2D eigenvalue weighted by Crippen LogP contribution is -2.50. The van der Waals surface area contributed by atoms with Gasteiger partial charge in [0.1, 0.15) is 24.7 Å². The number of amides is 1. The van der Waals surface area contributed by atoms with Crippen molar-refractivity contribution in [1.29, 1.82) is 0 Å². The zero-order valence-electron chi connectivity index (χ0n) is 21.1. The maximum atomic E-state index is 13.6. The molecule has 0 bridgehead atoms. The second-order valence-corrected chi connectivity index (χ2v) is 9.48. The Labute approximate surface area is 215 Å². The quantitative estimate of drug-likeness (QED) is 0.463. The first-order valence-electron chi connectivity index (χ1n) is 13.1. The Balaban J connectivity index is 1.22. The van der Waals surface area contributed by atoms with Gasteiger partial charge in [-0.25, -0.2) is 0 Å². The molecule has 6 rings (SSSR count). The second-order valence-electron chi connectivity index (χ2n) is 9.48. The van der Waals surface area contributed by atoms with Gasteiger partial charge in [-0.1, -0.05) is 0 Å². The predicted octanol–water partition coefficient (Wildman–Crippen LogP) is 2.84. The minimum atomic E-state index is -0.0211. The van der Waals surface area contributed by atoms with Crippen molar-refractivity contribution < 1.29 is 19.0 Å². The number of aromatic amines is 1. The standard InChI is InChI=1S/C26H33N7O4/c1-2-27-23-19-5-8-28-24(19)31-26(30-23)29-20-4-3-18(21-22(20)37-16-15-36-21)25(34)33-9-6-17(7-10-33)32-11-13-35-14-12-32/h3-5,8,17H,2,6-7,9-16H2,1H3,(H3,27,28,29,30,31). The number of carbonyl (C=O) groups excluding carboxylic acids is 1. The third kappa shape index (κ3) is 4.76. The number of H-pyrrole nitrogens is 1. The van der Waals surface area contributed by atoms with Gasteiger partial charge >= 0.3 is 0 Å². The summed E-state index contributed by atoms with van der Waals surface area (Å²) >= 11 is 0. The van der Waals surface area contributed by atoms with Crippen molar-refractivity contribution in [3.8, 4) is 11.5 Å². The van der Waals surface area contributed by atoms with Crippen molar-refractivity contribution >= 4 is 34.4 Å². The van der Waals surface area contributed by atoms with Crippen LogP contribution in [0.25, 0.3) is 11.0 Å². The van der Waals surface area contributed by atoms with Crippen molar-refractivity contribution in [2.24, 2.45) is 0 Å². The van der Waals surface area contributed by atoms with Gasteiger partial charge in [0.05, 0.1) is 29.9 Å². The fourth-order valence-corrected chi connectivity index (χ4v) is 5.37. The van der Waals surface area contributed by atoms with Crippen LogP contribution in [0.3, 0.4) is 0 Å². The number of nitrogens with one attached hydrogen (secondary N) is 3. The summed E-state index contributed by atoms with van der Waals surface area (Å²) in [7, 11) is 0. The van der Waals surface area contributed by atoms with Crippen LogP contribution < -0.4 is 20.1 Å². The Kier molecular flexibility index (Phi) is 6.71. The van der Waals surface area contributed by atoms with E-state index in [0.717, 1.165) is 75.6 Å². The van der Waals surface area contributed by atoms with Crippen LogP contribution in [0.1, 0.15) is 30.1 Å². The molecule has 3 aromatic rings. The molecule has 11 nitrogen and oxygen atoms in total. The van der Waals surface area contributed by atoms with E-state index in [-0.39, 0.29) is 5.91 Å². The molecule has 2 saturated heterocycles. The van der Waals surface area contributed by atoms with Gasteiger partial charge in [0.25, 0.3) is 5.91 Å². The number of likely N-dealkylation sites (tertiary alicyclic amines) is 1. The molecule has 0 aliphatic carbocycles. The largest absolute Gasteiger partial charge is 0.485 e. The van der Waals surface area contributed by atoms with Crippen LogP contribution >= 0.6 is 0 Å². The number of hydrogen-bond donors (Lipinski definition) is 3. The number of ether oxygens (including phenoxy) is 3. The normalized spacial score (nSPS) is 18.7. The SMILES string of the molecule is CCNc1nc(Nc2ccc(C(=O)N3CCC(N4CCOCC4)CC3)c3c2OCCO3)nc2[nH]ccc12. The summed E-state index contributed by atoms with van der Waals surface area (Å²) in [5, 5.41) is 7.48. The number of fused-ring (bicyclic) bond motifs is 2. The zero-order chi connectivity index (χ0) is 25.2. The monoisotopic (exact) mass is 507 g/mol. The van der Waals surface area contributed by atoms with Crippen molar-refractivity contribution in [2.45, 2.75) is 25.8 Å². The van der Waals surface area contributed by atoms with Crippen molar-refractivity contribution in [2.75, 3.05) is 69.8 Å². The van der Waals surface area contributed by atoms with Gasteiger partial charge in [-0.3, -0.25) is 9.69 Å². The molecule has 3 aliphatic heterocycles. The molecule has 0 radical (unpaired) electrons. The molecule has 196 valence electrons. The molecule has 0 saturated carbocycles. The average molecular weight is 508 g/mol. The van der Waals surface area contributed by atoms with Gasteiger partial charge in [-0.05, 0) is 38.0 Å². The summed E-state index contributed by atoms with van der Waals surface area (Å²) in [6, 6.07) is 6.11. The van der Waals surface area contributed by atoms with Gasteiger partial charge in [0.15, 0.2) is 11.5 Å². The Hall–Kier alpha value is -3.57. The van der Waals surface area contributed by atoms with Crippen molar-refractivity contribution in [3.63, 3.8) is 0 Å². The lowest BCUT2D eigenvalue weighted by molar-refractivity contribution is 0.00152. The number of piperidine rings is 1.